The van der Waals surface area contributed by atoms with Gasteiger partial charge in [0.15, 0.2) is 0 Å². The van der Waals surface area contributed by atoms with Crippen LogP contribution in [0.3, 0.4) is 0 Å². The lowest BCUT2D eigenvalue weighted by Gasteiger charge is -2.09. The number of rotatable bonds is 8. The molecule has 0 aliphatic heterocycles. The molecule has 0 saturated heterocycles. The average Bonchev–Trinajstić information content (AvgIpc) is 3.39. The van der Waals surface area contributed by atoms with Crippen LogP contribution in [-0.4, -0.2) is 20.4 Å². The van der Waals surface area contributed by atoms with Crippen LogP contribution in [0.2, 0.25) is 0 Å². The zero-order chi connectivity index (χ0) is 17.7. The molecule has 0 atom stereocenters. The lowest BCUT2D eigenvalue weighted by atomic mass is 10.1. The molecule has 1 aliphatic rings. The number of nitrogens with one attached hydrogen (secondary N) is 2. The van der Waals surface area contributed by atoms with Crippen LogP contribution in [0.25, 0.3) is 0 Å². The van der Waals surface area contributed by atoms with Crippen molar-refractivity contribution in [2.24, 2.45) is 0 Å². The van der Waals surface area contributed by atoms with E-state index in [9.17, 15) is 13.2 Å². The summed E-state index contributed by atoms with van der Waals surface area (Å²) in [6, 6.07) is 16.4. The van der Waals surface area contributed by atoms with Gasteiger partial charge in [-0.1, -0.05) is 36.4 Å². The highest BCUT2D eigenvalue weighted by atomic mass is 32.2. The molecule has 6 heteroatoms. The van der Waals surface area contributed by atoms with Crippen molar-refractivity contribution in [1.29, 1.82) is 0 Å². The summed E-state index contributed by atoms with van der Waals surface area (Å²) in [5.41, 5.74) is 1.71. The van der Waals surface area contributed by atoms with Gasteiger partial charge in [0.2, 0.25) is 15.9 Å². The first-order valence-electron chi connectivity index (χ1n) is 8.49. The summed E-state index contributed by atoms with van der Waals surface area (Å²) >= 11 is 0. The smallest absolute Gasteiger partial charge is 0.240 e. The molecule has 2 aromatic rings. The number of carbonyl (C=O) groups is 1. The first-order chi connectivity index (χ1) is 12.0. The van der Waals surface area contributed by atoms with Crippen molar-refractivity contribution >= 4 is 21.6 Å². The van der Waals surface area contributed by atoms with Gasteiger partial charge in [-0.2, -0.15) is 0 Å². The average molecular weight is 358 g/mol. The fourth-order valence-electron chi connectivity index (χ4n) is 2.55. The number of anilines is 1. The molecule has 25 heavy (non-hydrogen) atoms. The van der Waals surface area contributed by atoms with Gasteiger partial charge in [-0.05, 0) is 49.4 Å². The second-order valence-electron chi connectivity index (χ2n) is 6.31. The summed E-state index contributed by atoms with van der Waals surface area (Å²) in [7, 11) is -3.51. The number of amides is 1. The molecule has 1 aliphatic carbocycles. The minimum absolute atomic E-state index is 0.0567. The summed E-state index contributed by atoms with van der Waals surface area (Å²) < 4.78 is 27.1. The van der Waals surface area contributed by atoms with E-state index in [0.29, 0.717) is 12.1 Å². The molecule has 132 valence electrons. The number of aryl methyl sites for hydroxylation is 1. The summed E-state index contributed by atoms with van der Waals surface area (Å²) in [6.45, 7) is 0. The Kier molecular flexibility index (Phi) is 5.50. The molecule has 1 saturated carbocycles. The van der Waals surface area contributed by atoms with Crippen LogP contribution in [-0.2, 0) is 21.2 Å². The molecule has 0 radical (unpaired) electrons. The molecule has 1 amide bonds. The second-order valence-corrected chi connectivity index (χ2v) is 8.02. The Bertz CT molecular complexity index is 831. The van der Waals surface area contributed by atoms with Crippen molar-refractivity contribution < 1.29 is 13.2 Å². The van der Waals surface area contributed by atoms with Gasteiger partial charge in [-0.3, -0.25) is 4.79 Å². The predicted octanol–water partition coefficient (Wildman–Crippen LogP) is 3.09. The minimum atomic E-state index is -3.51. The van der Waals surface area contributed by atoms with Crippen LogP contribution in [0.1, 0.15) is 31.2 Å². The standard InChI is InChI=1S/C19H22N2O3S/c22-19(11-4-8-15-6-2-1-3-7-15)20-17-9-5-10-18(14-17)25(23,24)21-16-12-13-16/h1-3,5-7,9-10,14,16,21H,4,8,11-13H2,(H,20,22). The molecular weight excluding hydrogens is 336 g/mol. The maximum Gasteiger partial charge on any atom is 0.240 e. The fraction of sp³-hybridized carbons (Fsp3) is 0.316. The largest absolute Gasteiger partial charge is 0.326 e. The molecule has 0 spiro atoms. The van der Waals surface area contributed by atoms with E-state index in [0.717, 1.165) is 25.7 Å². The van der Waals surface area contributed by atoms with Gasteiger partial charge in [0.1, 0.15) is 0 Å². The Morgan fingerprint density at radius 2 is 1.80 bits per heavy atom. The van der Waals surface area contributed by atoms with Crippen LogP contribution in [0.15, 0.2) is 59.5 Å². The number of hydrogen-bond acceptors (Lipinski definition) is 3. The maximum absolute atomic E-state index is 12.2. The predicted molar refractivity (Wildman–Crippen MR) is 97.8 cm³/mol. The van der Waals surface area contributed by atoms with Gasteiger partial charge in [-0.15, -0.1) is 0 Å². The van der Waals surface area contributed by atoms with E-state index in [-0.39, 0.29) is 16.8 Å². The van der Waals surface area contributed by atoms with Crippen molar-refractivity contribution in [3.8, 4) is 0 Å². The van der Waals surface area contributed by atoms with E-state index in [1.165, 1.54) is 17.7 Å². The third kappa shape index (κ3) is 5.41. The van der Waals surface area contributed by atoms with Crippen molar-refractivity contribution in [3.05, 3.63) is 60.2 Å². The molecule has 0 bridgehead atoms. The highest BCUT2D eigenvalue weighted by molar-refractivity contribution is 7.89. The van der Waals surface area contributed by atoms with Crippen LogP contribution >= 0.6 is 0 Å². The van der Waals surface area contributed by atoms with Crippen molar-refractivity contribution in [1.82, 2.24) is 4.72 Å². The number of benzene rings is 2. The van der Waals surface area contributed by atoms with Crippen molar-refractivity contribution in [2.75, 3.05) is 5.32 Å². The molecule has 5 nitrogen and oxygen atoms in total. The maximum atomic E-state index is 12.2. The summed E-state index contributed by atoms with van der Waals surface area (Å²) in [6.07, 6.45) is 3.76. The Labute approximate surface area is 148 Å². The lowest BCUT2D eigenvalue weighted by Crippen LogP contribution is -2.25. The number of sulfonamides is 1. The Hall–Kier alpha value is -2.18. The van der Waals surface area contributed by atoms with Crippen LogP contribution in [0.5, 0.6) is 0 Å². The van der Waals surface area contributed by atoms with E-state index in [2.05, 4.69) is 10.0 Å². The first-order valence-corrected chi connectivity index (χ1v) is 9.97. The third-order valence-electron chi connectivity index (χ3n) is 4.04. The quantitative estimate of drug-likeness (QED) is 0.761. The van der Waals surface area contributed by atoms with Gasteiger partial charge in [0.05, 0.1) is 4.90 Å². The lowest BCUT2D eigenvalue weighted by molar-refractivity contribution is -0.116. The zero-order valence-corrected chi connectivity index (χ0v) is 14.8. The number of hydrogen-bond donors (Lipinski definition) is 2. The molecular formula is C19H22N2O3S. The Balaban J connectivity index is 1.53. The molecule has 0 heterocycles. The summed E-state index contributed by atoms with van der Waals surface area (Å²) in [4.78, 5) is 12.3. The highest BCUT2D eigenvalue weighted by Gasteiger charge is 2.28. The van der Waals surface area contributed by atoms with Crippen molar-refractivity contribution in [2.45, 2.75) is 43.0 Å². The van der Waals surface area contributed by atoms with Crippen LogP contribution in [0, 0.1) is 0 Å². The normalized spacial score (nSPS) is 14.2. The van der Waals surface area contributed by atoms with Crippen molar-refractivity contribution in [3.63, 3.8) is 0 Å². The summed E-state index contributed by atoms with van der Waals surface area (Å²) in [5.74, 6) is -0.111. The molecule has 2 aromatic carbocycles. The molecule has 1 fully saturated rings. The third-order valence-corrected chi connectivity index (χ3v) is 5.56. The Morgan fingerprint density at radius 1 is 1.04 bits per heavy atom. The minimum Gasteiger partial charge on any atom is -0.326 e. The molecule has 0 aromatic heterocycles. The highest BCUT2D eigenvalue weighted by Crippen LogP contribution is 2.23. The van der Waals surface area contributed by atoms with Gasteiger partial charge < -0.3 is 5.32 Å². The van der Waals surface area contributed by atoms with E-state index >= 15 is 0 Å². The van der Waals surface area contributed by atoms with Crippen LogP contribution in [0.4, 0.5) is 5.69 Å². The van der Waals surface area contributed by atoms with E-state index < -0.39 is 10.0 Å². The molecule has 3 rings (SSSR count). The SMILES string of the molecule is O=C(CCCc1ccccc1)Nc1cccc(S(=O)(=O)NC2CC2)c1. The Morgan fingerprint density at radius 3 is 2.52 bits per heavy atom. The zero-order valence-electron chi connectivity index (χ0n) is 13.9. The van der Waals surface area contributed by atoms with E-state index in [4.69, 9.17) is 0 Å². The topological polar surface area (TPSA) is 75.3 Å². The molecule has 2 N–H and O–H groups in total. The van der Waals surface area contributed by atoms with E-state index in [1.807, 2.05) is 30.3 Å². The van der Waals surface area contributed by atoms with Gasteiger partial charge >= 0.3 is 0 Å². The van der Waals surface area contributed by atoms with E-state index in [1.54, 1.807) is 12.1 Å². The fourth-order valence-corrected chi connectivity index (χ4v) is 3.90. The van der Waals surface area contributed by atoms with Gasteiger partial charge in [0, 0.05) is 18.2 Å². The first kappa shape index (κ1) is 17.6. The summed E-state index contributed by atoms with van der Waals surface area (Å²) in [5, 5.41) is 2.78. The number of carbonyl (C=O) groups excluding carboxylic acids is 1. The molecule has 0 unspecified atom stereocenters. The van der Waals surface area contributed by atoms with Crippen LogP contribution < -0.4 is 10.0 Å². The second kappa shape index (κ2) is 7.80. The monoisotopic (exact) mass is 358 g/mol. The van der Waals surface area contributed by atoms with Gasteiger partial charge in [0.25, 0.3) is 0 Å². The van der Waals surface area contributed by atoms with Gasteiger partial charge in [-0.25, -0.2) is 13.1 Å².